The summed E-state index contributed by atoms with van der Waals surface area (Å²) in [5.74, 6) is 2.00. The first-order chi connectivity index (χ1) is 15.2. The van der Waals surface area contributed by atoms with Gasteiger partial charge in [0.25, 0.3) is 0 Å². The molecule has 0 spiro atoms. The molecule has 32 heavy (non-hydrogen) atoms. The van der Waals surface area contributed by atoms with Gasteiger partial charge in [0, 0.05) is 0 Å². The fourth-order valence-electron chi connectivity index (χ4n) is 3.79. The van der Waals surface area contributed by atoms with Gasteiger partial charge in [0.15, 0.2) is 0 Å². The quantitative estimate of drug-likeness (QED) is 0.378. The Balaban J connectivity index is 1.89. The molecule has 3 aromatic carbocycles. The number of rotatable bonds is 6. The maximum atomic E-state index is 10.4. The molecule has 0 fully saturated rings. The van der Waals surface area contributed by atoms with Gasteiger partial charge < -0.3 is 0 Å². The third kappa shape index (κ3) is 4.03. The molecule has 162 valence electrons. The molecule has 4 aromatic rings. The second-order valence-electron chi connectivity index (χ2n) is 9.17. The summed E-state index contributed by atoms with van der Waals surface area (Å²) in [5.41, 5.74) is 2.73. The molecule has 0 aliphatic rings. The molecule has 1 aromatic heterocycles. The molecule has 1 heterocycles. The van der Waals surface area contributed by atoms with Crippen LogP contribution in [0.25, 0.3) is 33.4 Å². The van der Waals surface area contributed by atoms with Gasteiger partial charge in [-0.2, -0.15) is 0 Å². The van der Waals surface area contributed by atoms with Crippen LogP contribution in [-0.4, -0.2) is 34.0 Å². The van der Waals surface area contributed by atoms with E-state index in [9.17, 15) is 5.11 Å². The van der Waals surface area contributed by atoms with Crippen molar-refractivity contribution in [2.45, 2.75) is 45.8 Å². The Hall–Kier alpha value is -3.11. The van der Waals surface area contributed by atoms with Crippen LogP contribution in [0.2, 0.25) is 0 Å². The molecule has 0 aliphatic carbocycles. The number of aliphatic hydroxyl groups is 1. The first kappa shape index (κ1) is 22.1. The summed E-state index contributed by atoms with van der Waals surface area (Å²) in [6.07, 6.45) is 4.20. The number of hydrogen-bond donors (Lipinski definition) is 1. The van der Waals surface area contributed by atoms with E-state index in [2.05, 4.69) is 83.4 Å². The Kier molecular flexibility index (Phi) is 5.83. The number of benzene rings is 3. The Morgan fingerprint density at radius 2 is 1.59 bits per heavy atom. The van der Waals surface area contributed by atoms with E-state index in [0.29, 0.717) is 0 Å². The molecule has 0 bridgehead atoms. The van der Waals surface area contributed by atoms with E-state index in [1.54, 1.807) is 21.0 Å². The van der Waals surface area contributed by atoms with Crippen LogP contribution >= 0.6 is 0 Å². The fourth-order valence-corrected chi connectivity index (χ4v) is 3.79. The molecular weight excluding hydrogens is 393 g/mol. The number of fused-ring (bicyclic) bond motifs is 2. The molecule has 0 aliphatic heterocycles. The van der Waals surface area contributed by atoms with Crippen molar-refractivity contribution >= 4 is 40.8 Å². The first-order valence-electron chi connectivity index (χ1n) is 11.0. The topological polar surface area (TPSA) is 34.4 Å². The zero-order valence-corrected chi connectivity index (χ0v) is 19.5. The Morgan fingerprint density at radius 1 is 0.906 bits per heavy atom. The summed E-state index contributed by atoms with van der Waals surface area (Å²) in [7, 11) is 1.71. The van der Waals surface area contributed by atoms with Crippen LogP contribution in [0.15, 0.2) is 72.8 Å². The molecule has 0 saturated carbocycles. The molecule has 0 atom stereocenters. The summed E-state index contributed by atoms with van der Waals surface area (Å²) in [5, 5.41) is 14.0. The predicted molar refractivity (Wildman–Crippen MR) is 138 cm³/mol. The summed E-state index contributed by atoms with van der Waals surface area (Å²) in [4.78, 5) is 0. The molecule has 0 unspecified atom stereocenters. The molecule has 1 N–H and O–H groups in total. The summed E-state index contributed by atoms with van der Waals surface area (Å²) in [6.45, 7) is 9.34. The van der Waals surface area contributed by atoms with Gasteiger partial charge in [0.05, 0.1) is 0 Å². The summed E-state index contributed by atoms with van der Waals surface area (Å²) in [6, 6.07) is 23.4. The molecular formula is C28H30BNO2. The van der Waals surface area contributed by atoms with Crippen LogP contribution in [0, 0.1) is 0 Å². The summed E-state index contributed by atoms with van der Waals surface area (Å²) >= 11 is 0. The number of hydrogen-bond acceptors (Lipinski definition) is 2. The van der Waals surface area contributed by atoms with Crippen LogP contribution in [0.5, 0.6) is 0 Å². The van der Waals surface area contributed by atoms with Crippen LogP contribution in [0.4, 0.5) is 0 Å². The average molecular weight is 423 g/mol. The van der Waals surface area contributed by atoms with E-state index >= 15 is 0 Å². The number of allylic oxidation sites excluding steroid dienone is 1. The van der Waals surface area contributed by atoms with Gasteiger partial charge in [-0.1, -0.05) is 0 Å². The van der Waals surface area contributed by atoms with Crippen molar-refractivity contribution in [2.24, 2.45) is 0 Å². The van der Waals surface area contributed by atoms with Crippen molar-refractivity contribution in [3.63, 3.8) is 0 Å². The van der Waals surface area contributed by atoms with Crippen molar-refractivity contribution < 1.29 is 9.76 Å². The van der Waals surface area contributed by atoms with Crippen molar-refractivity contribution in [1.82, 2.24) is 4.57 Å². The first-order valence-corrected chi connectivity index (χ1v) is 11.0. The minimum atomic E-state index is -0.970. The molecule has 3 nitrogen and oxygen atoms in total. The van der Waals surface area contributed by atoms with Gasteiger partial charge in [-0.05, 0) is 0 Å². The van der Waals surface area contributed by atoms with Crippen LogP contribution in [0.1, 0.15) is 45.9 Å². The normalized spacial score (nSPS) is 12.8. The monoisotopic (exact) mass is 423 g/mol. The number of para-hydroxylation sites is 1. The molecule has 0 radical (unpaired) electrons. The SMILES string of the molecule is C/C=C\c1c(C=BOC(C)(C)C(C)(C)O)c2ccccc2n1-c1ccc2ccccc2c1. The predicted octanol–water partition coefficient (Wildman–Crippen LogP) is 6.15. The maximum absolute atomic E-state index is 10.4. The zero-order valence-electron chi connectivity index (χ0n) is 19.5. The van der Waals surface area contributed by atoms with E-state index < -0.39 is 11.2 Å². The van der Waals surface area contributed by atoms with E-state index in [1.807, 2.05) is 26.7 Å². The Bertz CT molecular complexity index is 1320. The van der Waals surface area contributed by atoms with Gasteiger partial charge in [-0.15, -0.1) is 0 Å². The zero-order chi connectivity index (χ0) is 22.9. The second kappa shape index (κ2) is 8.44. The van der Waals surface area contributed by atoms with Crippen LogP contribution in [-0.2, 0) is 4.65 Å². The van der Waals surface area contributed by atoms with Crippen molar-refractivity contribution in [3.8, 4) is 5.69 Å². The van der Waals surface area contributed by atoms with Crippen molar-refractivity contribution in [3.05, 3.63) is 84.1 Å². The van der Waals surface area contributed by atoms with Gasteiger partial charge in [-0.3, -0.25) is 0 Å². The summed E-state index contributed by atoms with van der Waals surface area (Å²) < 4.78 is 8.28. The fraction of sp³-hybridized carbons (Fsp3) is 0.250. The van der Waals surface area contributed by atoms with Gasteiger partial charge in [0.2, 0.25) is 0 Å². The standard InChI is InChI=1S/C28H30BNO2/c1-6-11-25-24(19-29-32-28(4,5)27(2,3)31)23-14-9-10-15-26(23)30(25)22-17-16-20-12-7-8-13-21(20)18-22/h6-19,31H,1-5H3/b11-6-. The third-order valence-electron chi connectivity index (χ3n) is 6.34. The van der Waals surface area contributed by atoms with Crippen LogP contribution < -0.4 is 0 Å². The molecule has 4 heteroatoms. The van der Waals surface area contributed by atoms with Gasteiger partial charge in [0.1, 0.15) is 0 Å². The molecule has 0 saturated heterocycles. The average Bonchev–Trinajstić information content (AvgIpc) is 3.06. The number of nitrogens with zero attached hydrogens (tertiary/aromatic N) is 1. The van der Waals surface area contributed by atoms with E-state index in [0.717, 1.165) is 27.8 Å². The van der Waals surface area contributed by atoms with E-state index in [1.165, 1.54) is 10.8 Å². The Morgan fingerprint density at radius 3 is 2.31 bits per heavy atom. The van der Waals surface area contributed by atoms with E-state index in [4.69, 9.17) is 4.65 Å². The van der Waals surface area contributed by atoms with Gasteiger partial charge >= 0.3 is 191 Å². The third-order valence-corrected chi connectivity index (χ3v) is 6.34. The number of aromatic nitrogens is 1. The van der Waals surface area contributed by atoms with Gasteiger partial charge in [-0.25, -0.2) is 0 Å². The molecule has 0 amide bonds. The Labute approximate surface area is 190 Å². The van der Waals surface area contributed by atoms with Crippen molar-refractivity contribution in [1.29, 1.82) is 0 Å². The van der Waals surface area contributed by atoms with Crippen LogP contribution in [0.3, 0.4) is 0 Å². The van der Waals surface area contributed by atoms with E-state index in [-0.39, 0.29) is 0 Å². The molecule has 4 rings (SSSR count). The minimum absolute atomic E-state index is 0.721. The van der Waals surface area contributed by atoms with Crippen molar-refractivity contribution in [2.75, 3.05) is 0 Å². The second-order valence-corrected chi connectivity index (χ2v) is 9.17.